The lowest BCUT2D eigenvalue weighted by atomic mass is 10.1. The summed E-state index contributed by atoms with van der Waals surface area (Å²) < 4.78 is 12.9. The van der Waals surface area contributed by atoms with E-state index in [0.29, 0.717) is 38.5 Å². The zero-order chi connectivity index (χ0) is 21.9. The van der Waals surface area contributed by atoms with Crippen molar-refractivity contribution in [2.24, 2.45) is 0 Å². The Morgan fingerprint density at radius 3 is 2.52 bits per heavy atom. The lowest BCUT2D eigenvalue weighted by Crippen LogP contribution is -2.28. The molecule has 0 radical (unpaired) electrons. The summed E-state index contributed by atoms with van der Waals surface area (Å²) in [7, 11) is 0. The fourth-order valence-corrected chi connectivity index (χ4v) is 3.21. The molecule has 0 fully saturated rings. The van der Waals surface area contributed by atoms with Gasteiger partial charge in [0, 0.05) is 13.1 Å². The van der Waals surface area contributed by atoms with Crippen LogP contribution in [0.2, 0.25) is 0 Å². The maximum Gasteiger partial charge on any atom is 0.227 e. The molecule has 3 rings (SSSR count). The lowest BCUT2D eigenvalue weighted by molar-refractivity contribution is -0.120. The van der Waals surface area contributed by atoms with E-state index in [4.69, 9.17) is 9.47 Å². The monoisotopic (exact) mass is 423 g/mol. The number of aryl methyl sites for hydroxylation is 2. The Bertz CT molecular complexity index is 959. The van der Waals surface area contributed by atoms with Gasteiger partial charge in [-0.1, -0.05) is 36.4 Å². The average Bonchev–Trinajstić information content (AvgIpc) is 3.22. The van der Waals surface area contributed by atoms with Crippen molar-refractivity contribution in [3.63, 3.8) is 0 Å². The molecule has 1 N–H and O–H groups in total. The lowest BCUT2D eigenvalue weighted by Gasteiger charge is -2.12. The highest BCUT2D eigenvalue weighted by Gasteiger charge is 2.12. The van der Waals surface area contributed by atoms with Crippen LogP contribution in [0, 0.1) is 0 Å². The molecule has 3 aromatic rings. The first-order valence-corrected chi connectivity index (χ1v) is 10.6. The number of nitrogens with zero attached hydrogens (tertiary/aromatic N) is 4. The fraction of sp³-hybridized carbons (Fsp3) is 0.391. The van der Waals surface area contributed by atoms with E-state index < -0.39 is 0 Å². The summed E-state index contributed by atoms with van der Waals surface area (Å²) in [5.41, 5.74) is 2.27. The largest absolute Gasteiger partial charge is 0.490 e. The molecule has 2 aromatic carbocycles. The maximum absolute atomic E-state index is 12.4. The number of amides is 1. The van der Waals surface area contributed by atoms with E-state index in [1.165, 1.54) is 5.56 Å². The van der Waals surface area contributed by atoms with Gasteiger partial charge < -0.3 is 14.8 Å². The van der Waals surface area contributed by atoms with Gasteiger partial charge in [-0.05, 0) is 60.4 Å². The number of rotatable bonds is 12. The molecule has 0 aliphatic heterocycles. The van der Waals surface area contributed by atoms with Crippen LogP contribution in [-0.2, 0) is 30.6 Å². The Balaban J connectivity index is 1.48. The third kappa shape index (κ3) is 6.80. The van der Waals surface area contributed by atoms with E-state index in [1.54, 1.807) is 4.68 Å². The number of nitrogens with one attached hydrogen (secondary N) is 1. The third-order valence-corrected chi connectivity index (χ3v) is 4.72. The summed E-state index contributed by atoms with van der Waals surface area (Å²) >= 11 is 0. The van der Waals surface area contributed by atoms with Crippen LogP contribution in [0.3, 0.4) is 0 Å². The Hall–Kier alpha value is -3.42. The topological polar surface area (TPSA) is 91.2 Å². The molecule has 0 atom stereocenters. The van der Waals surface area contributed by atoms with Crippen molar-refractivity contribution >= 4 is 5.91 Å². The molecule has 1 heterocycles. The highest BCUT2D eigenvalue weighted by Crippen LogP contribution is 2.28. The normalized spacial score (nSPS) is 10.6. The van der Waals surface area contributed by atoms with Gasteiger partial charge in [-0.15, -0.1) is 5.10 Å². The summed E-state index contributed by atoms with van der Waals surface area (Å²) in [4.78, 5) is 12.4. The number of hydrogen-bond acceptors (Lipinski definition) is 6. The summed E-state index contributed by atoms with van der Waals surface area (Å²) in [5, 5.41) is 14.7. The van der Waals surface area contributed by atoms with Crippen LogP contribution in [0.4, 0.5) is 0 Å². The summed E-state index contributed by atoms with van der Waals surface area (Å²) in [6, 6.07) is 16.0. The Labute approximate surface area is 182 Å². The van der Waals surface area contributed by atoms with Crippen LogP contribution in [0.5, 0.6) is 11.5 Å². The molecule has 0 aliphatic carbocycles. The molecule has 164 valence electrons. The molecule has 0 unspecified atom stereocenters. The molecule has 0 aliphatic rings. The Morgan fingerprint density at radius 2 is 1.74 bits per heavy atom. The van der Waals surface area contributed by atoms with Gasteiger partial charge >= 0.3 is 0 Å². The molecule has 0 saturated carbocycles. The van der Waals surface area contributed by atoms with Gasteiger partial charge in [0.2, 0.25) is 5.91 Å². The van der Waals surface area contributed by atoms with Crippen LogP contribution in [0.1, 0.15) is 30.8 Å². The van der Waals surface area contributed by atoms with Gasteiger partial charge in [0.1, 0.15) is 0 Å². The van der Waals surface area contributed by atoms with E-state index in [9.17, 15) is 4.79 Å². The number of tetrazole rings is 1. The van der Waals surface area contributed by atoms with Crippen LogP contribution < -0.4 is 14.8 Å². The molecular weight excluding hydrogens is 394 g/mol. The summed E-state index contributed by atoms with van der Waals surface area (Å²) in [6.07, 6.45) is 1.65. The van der Waals surface area contributed by atoms with E-state index in [2.05, 4.69) is 33.0 Å². The molecule has 1 aromatic heterocycles. The van der Waals surface area contributed by atoms with Gasteiger partial charge in [0.15, 0.2) is 17.3 Å². The Kier molecular flexibility index (Phi) is 8.39. The first-order chi connectivity index (χ1) is 15.2. The predicted molar refractivity (Wildman–Crippen MR) is 117 cm³/mol. The van der Waals surface area contributed by atoms with Gasteiger partial charge in [0.05, 0.1) is 19.6 Å². The molecule has 8 heteroatoms. The van der Waals surface area contributed by atoms with Crippen LogP contribution in [-0.4, -0.2) is 45.9 Å². The SMILES string of the molecule is CCOc1ccc(CCNC(=O)Cc2nnnn2CCc2ccccc2)cc1OCC. The van der Waals surface area contributed by atoms with Crippen molar-refractivity contribution in [3.8, 4) is 11.5 Å². The molecule has 8 nitrogen and oxygen atoms in total. The second-order valence-electron chi connectivity index (χ2n) is 6.98. The van der Waals surface area contributed by atoms with Gasteiger partial charge in [-0.25, -0.2) is 4.68 Å². The van der Waals surface area contributed by atoms with Crippen molar-refractivity contribution in [1.82, 2.24) is 25.5 Å². The molecule has 0 saturated heterocycles. The quantitative estimate of drug-likeness (QED) is 0.482. The minimum absolute atomic E-state index is 0.105. The van der Waals surface area contributed by atoms with E-state index in [0.717, 1.165) is 23.5 Å². The average molecular weight is 424 g/mol. The van der Waals surface area contributed by atoms with Crippen molar-refractivity contribution in [2.45, 2.75) is 39.7 Å². The standard InChI is InChI=1S/C23H29N5O3/c1-3-30-20-11-10-19(16-21(20)31-4-2)12-14-24-23(29)17-22-25-26-27-28(22)15-13-18-8-6-5-7-9-18/h5-11,16H,3-4,12-15,17H2,1-2H3,(H,24,29). The second kappa shape index (κ2) is 11.7. The molecular formula is C23H29N5O3. The number of ether oxygens (including phenoxy) is 2. The number of carbonyl (C=O) groups is 1. The van der Waals surface area contributed by atoms with Gasteiger partial charge in [-0.2, -0.15) is 0 Å². The zero-order valence-corrected chi connectivity index (χ0v) is 18.1. The van der Waals surface area contributed by atoms with Crippen molar-refractivity contribution < 1.29 is 14.3 Å². The minimum atomic E-state index is -0.105. The molecule has 0 bridgehead atoms. The fourth-order valence-electron chi connectivity index (χ4n) is 3.21. The third-order valence-electron chi connectivity index (χ3n) is 4.72. The van der Waals surface area contributed by atoms with Crippen LogP contribution in [0.15, 0.2) is 48.5 Å². The van der Waals surface area contributed by atoms with E-state index >= 15 is 0 Å². The minimum Gasteiger partial charge on any atom is -0.490 e. The Morgan fingerprint density at radius 1 is 0.968 bits per heavy atom. The maximum atomic E-state index is 12.4. The number of aromatic nitrogens is 4. The molecule has 1 amide bonds. The van der Waals surface area contributed by atoms with Crippen LogP contribution in [0.25, 0.3) is 0 Å². The first-order valence-electron chi connectivity index (χ1n) is 10.6. The van der Waals surface area contributed by atoms with Gasteiger partial charge in [0.25, 0.3) is 0 Å². The number of carbonyl (C=O) groups excluding carboxylic acids is 1. The molecule has 31 heavy (non-hydrogen) atoms. The van der Waals surface area contributed by atoms with Crippen LogP contribution >= 0.6 is 0 Å². The van der Waals surface area contributed by atoms with Crippen molar-refractivity contribution in [1.29, 1.82) is 0 Å². The van der Waals surface area contributed by atoms with Gasteiger partial charge in [-0.3, -0.25) is 4.79 Å². The summed E-state index contributed by atoms with van der Waals surface area (Å²) in [5.74, 6) is 1.92. The number of benzene rings is 2. The first kappa shape index (κ1) is 22.3. The summed E-state index contributed by atoms with van der Waals surface area (Å²) in [6.45, 7) is 6.18. The smallest absolute Gasteiger partial charge is 0.227 e. The van der Waals surface area contributed by atoms with Crippen molar-refractivity contribution in [2.75, 3.05) is 19.8 Å². The molecule has 0 spiro atoms. The zero-order valence-electron chi connectivity index (χ0n) is 18.1. The van der Waals surface area contributed by atoms with E-state index in [1.807, 2.05) is 50.2 Å². The van der Waals surface area contributed by atoms with E-state index in [-0.39, 0.29) is 12.3 Å². The highest BCUT2D eigenvalue weighted by molar-refractivity contribution is 5.77. The second-order valence-corrected chi connectivity index (χ2v) is 6.98. The van der Waals surface area contributed by atoms with Crippen molar-refractivity contribution in [3.05, 3.63) is 65.5 Å². The number of hydrogen-bond donors (Lipinski definition) is 1. The predicted octanol–water partition coefficient (Wildman–Crippen LogP) is 2.61. The highest BCUT2D eigenvalue weighted by atomic mass is 16.5.